The molecule has 7 aliphatic carbocycles. The molecule has 22 heteroatoms. The number of esters is 4. The normalized spacial score (nSPS) is 51.3. The largest absolute Gasteiger partial charge is 0.469 e. The smallest absolute Gasteiger partial charge is 0.366 e. The molecule has 2 bridgehead atoms. The van der Waals surface area contributed by atoms with Crippen LogP contribution in [-0.2, 0) is 66.6 Å². The van der Waals surface area contributed by atoms with E-state index in [4.69, 9.17) is 42.6 Å². The van der Waals surface area contributed by atoms with E-state index in [1.807, 2.05) is 0 Å². The number of fused-ring (bicyclic) bond motifs is 12. The molecule has 0 aromatic carbocycles. The van der Waals surface area contributed by atoms with Crippen LogP contribution in [0.5, 0.6) is 0 Å². The number of ketones is 1. The van der Waals surface area contributed by atoms with Crippen LogP contribution in [0.15, 0.2) is 35.6 Å². The van der Waals surface area contributed by atoms with Crippen LogP contribution in [0.2, 0.25) is 0 Å². The fourth-order valence-corrected chi connectivity index (χ4v) is 20.5. The summed E-state index contributed by atoms with van der Waals surface area (Å²) in [5.74, 6) is -10.0. The predicted octanol–water partition coefficient (Wildman–Crippen LogP) is 2.54. The van der Waals surface area contributed by atoms with Gasteiger partial charge >= 0.3 is 23.9 Å². The molecule has 468 valence electrons. The molecule has 4 saturated heterocycles. The molecule has 10 fully saturated rings. The van der Waals surface area contributed by atoms with Crippen molar-refractivity contribution in [1.29, 1.82) is 0 Å². The Bertz CT molecular complexity index is 2830. The third kappa shape index (κ3) is 7.79. The standard InChI is InChI=1S/C35H44O16.C27H44O6/c1-8-15(2)24(38)49-18-12-19(48-16(3)36)32(26(39)43-6)13-46-21-22(32)31(18)14-47-34(42,27(40)44-7)25(31)29(4,23(21)37)35-20-11-17(30(35,5)51-35)33(41)9-10-45-28(33)50-20;1-15(20(28)8-9-24(2,3)32)16-7-11-27(33)18-12-21(29)19-13-22(30)23(31)14-25(19,4)17(18)6-10-26(16,27)5/h8-10,17-23,25,28,37,41-42H,11-14H2,1-7H3;12,15-17,19-20,22-23,28,30-33H,6-11,13-14H2,1-5H3/b15-8+;/t17-,18+,19-,20+,21-,22-,23-,25+,28+,29-,30+,31+,32+,33+,34+,35+;15-,16+,17-,19-,20+,22+,23-,25+,26+,27+/m10/s1. The number of allylic oxidation sites excluding steroid dienone is 2. The van der Waals surface area contributed by atoms with Gasteiger partial charge in [0.05, 0.1) is 81.5 Å². The van der Waals surface area contributed by atoms with E-state index in [2.05, 4.69) is 20.8 Å². The van der Waals surface area contributed by atoms with Crippen molar-refractivity contribution in [1.82, 2.24) is 0 Å². The number of carbonyl (C=O) groups is 5. The minimum Gasteiger partial charge on any atom is -0.469 e. The molecule has 0 aromatic rings. The number of carbonyl (C=O) groups excluding carboxylic acids is 5. The molecule has 5 aliphatic heterocycles. The highest BCUT2D eigenvalue weighted by Crippen LogP contribution is 2.83. The van der Waals surface area contributed by atoms with E-state index in [0.29, 0.717) is 25.7 Å². The quantitative estimate of drug-likeness (QED) is 0.0638. The summed E-state index contributed by atoms with van der Waals surface area (Å²) in [5.41, 5.74) is -11.5. The number of rotatable bonds is 11. The van der Waals surface area contributed by atoms with Crippen molar-refractivity contribution in [3.8, 4) is 0 Å². The van der Waals surface area contributed by atoms with Crippen LogP contribution >= 0.6 is 0 Å². The van der Waals surface area contributed by atoms with Crippen molar-refractivity contribution in [2.45, 2.75) is 222 Å². The van der Waals surface area contributed by atoms with Gasteiger partial charge in [-0.1, -0.05) is 33.8 Å². The zero-order valence-electron chi connectivity index (χ0n) is 50.3. The number of epoxide rings is 1. The molecule has 26 atom stereocenters. The van der Waals surface area contributed by atoms with E-state index < -0.39 is 171 Å². The van der Waals surface area contributed by atoms with Gasteiger partial charge in [-0.25, -0.2) is 9.59 Å². The lowest BCUT2D eigenvalue weighted by atomic mass is 9.37. The molecule has 6 saturated carbocycles. The number of aliphatic hydroxyl groups excluding tert-OH is 4. The monoisotopic (exact) mass is 1180 g/mol. The summed E-state index contributed by atoms with van der Waals surface area (Å²) >= 11 is 0. The van der Waals surface area contributed by atoms with Crippen LogP contribution in [0.25, 0.3) is 0 Å². The van der Waals surface area contributed by atoms with Gasteiger partial charge in [0.15, 0.2) is 11.4 Å². The lowest BCUT2D eigenvalue weighted by Gasteiger charge is -2.65. The Morgan fingerprint density at radius 3 is 2.23 bits per heavy atom. The van der Waals surface area contributed by atoms with Crippen molar-refractivity contribution in [3.05, 3.63) is 35.6 Å². The summed E-state index contributed by atoms with van der Waals surface area (Å²) < 4.78 is 54.0. The van der Waals surface area contributed by atoms with E-state index in [-0.39, 0.29) is 54.3 Å². The van der Waals surface area contributed by atoms with Gasteiger partial charge in [0.1, 0.15) is 28.8 Å². The second-order valence-electron chi connectivity index (χ2n) is 28.7. The van der Waals surface area contributed by atoms with Gasteiger partial charge in [0.2, 0.25) is 6.29 Å². The van der Waals surface area contributed by atoms with Crippen LogP contribution < -0.4 is 0 Å². The summed E-state index contributed by atoms with van der Waals surface area (Å²) in [4.78, 5) is 67.6. The van der Waals surface area contributed by atoms with Crippen molar-refractivity contribution in [2.24, 2.45) is 68.5 Å². The molecule has 8 N–H and O–H groups in total. The Morgan fingerprint density at radius 1 is 0.893 bits per heavy atom. The minimum absolute atomic E-state index is 0.00888. The van der Waals surface area contributed by atoms with Crippen molar-refractivity contribution in [2.75, 3.05) is 27.4 Å². The van der Waals surface area contributed by atoms with Crippen LogP contribution in [0, 0.1) is 68.5 Å². The van der Waals surface area contributed by atoms with Crippen LogP contribution in [0.3, 0.4) is 0 Å². The van der Waals surface area contributed by atoms with E-state index in [1.54, 1.807) is 53.7 Å². The summed E-state index contributed by atoms with van der Waals surface area (Å²) in [6, 6.07) is 0. The van der Waals surface area contributed by atoms with Gasteiger partial charge in [0.25, 0.3) is 5.79 Å². The first-order chi connectivity index (χ1) is 39.1. The van der Waals surface area contributed by atoms with Crippen molar-refractivity contribution in [3.63, 3.8) is 0 Å². The van der Waals surface area contributed by atoms with E-state index in [1.165, 1.54) is 19.3 Å². The predicted molar refractivity (Wildman–Crippen MR) is 289 cm³/mol. The summed E-state index contributed by atoms with van der Waals surface area (Å²) in [6.07, 6.45) is 0.955. The highest BCUT2D eigenvalue weighted by Gasteiger charge is 2.97. The second kappa shape index (κ2) is 19.8. The Kier molecular flexibility index (Phi) is 14.5. The SMILES string of the molecule is C/C=C(\C)C(=O)O[C@H]1C[C@@H](OC(C)=O)[C@@]2(C(=O)OC)CO[C@H]3[C@@H](O)[C@@](C)([C@]45O[C@@]4(C)[C@H]4C[C@@H]5O[C@@H]5OC=C[C@@]54O)[C@H]4[C@]1(CO[C@]4(O)C(=O)OC)[C@@H]32.C[C@H]([C@H](O)CCC(C)(C)O)[C@H]1CC[C@@]2(O)C3=CC(=O)[C@@H]4C[C@@H](O)[C@@H](O)C[C@]4(C)[C@H]3CC[C@]12C. The van der Waals surface area contributed by atoms with Gasteiger partial charge in [-0.05, 0) is 133 Å². The molecular weight excluding hydrogens is 1100 g/mol. The van der Waals surface area contributed by atoms with Gasteiger partial charge in [-0.15, -0.1) is 0 Å². The molecule has 12 rings (SSSR count). The summed E-state index contributed by atoms with van der Waals surface area (Å²) in [6.45, 7) is 16.6. The molecule has 84 heavy (non-hydrogen) atoms. The molecule has 0 radical (unpaired) electrons. The summed E-state index contributed by atoms with van der Waals surface area (Å²) in [5, 5.41) is 91.3. The minimum atomic E-state index is -2.82. The van der Waals surface area contributed by atoms with E-state index in [9.17, 15) is 64.8 Å². The Labute approximate surface area is 489 Å². The van der Waals surface area contributed by atoms with Crippen LogP contribution in [-0.4, -0.2) is 187 Å². The molecule has 5 heterocycles. The molecule has 0 amide bonds. The fraction of sp³-hybridized carbons (Fsp3) is 0.823. The molecule has 12 aliphatic rings. The average Bonchev–Trinajstić information content (AvgIpc) is 1.43. The summed E-state index contributed by atoms with van der Waals surface area (Å²) in [7, 11) is 2.23. The Morgan fingerprint density at radius 2 is 1.58 bits per heavy atom. The highest BCUT2D eigenvalue weighted by atomic mass is 16.7. The number of ether oxygens (including phenoxy) is 9. The molecule has 1 spiro atoms. The van der Waals surface area contributed by atoms with Crippen molar-refractivity contribution >= 4 is 29.7 Å². The first-order valence-corrected chi connectivity index (χ1v) is 30.1. The molecule has 0 unspecified atom stereocenters. The molecular formula is C62H88O22. The van der Waals surface area contributed by atoms with Crippen molar-refractivity contribution < 1.29 is 107 Å². The number of hydrogen-bond donors (Lipinski definition) is 8. The van der Waals surface area contributed by atoms with Gasteiger partial charge in [-0.2, -0.15) is 0 Å². The third-order valence-electron chi connectivity index (χ3n) is 24.6. The number of hydrogen-bond acceptors (Lipinski definition) is 22. The molecule has 0 aromatic heterocycles. The Balaban J connectivity index is 0.000000193. The maximum absolute atomic E-state index is 14.2. The second-order valence-corrected chi connectivity index (χ2v) is 28.7. The van der Waals surface area contributed by atoms with Gasteiger partial charge in [-0.3, -0.25) is 14.4 Å². The first kappa shape index (κ1) is 61.7. The number of aliphatic hydroxyl groups is 8. The van der Waals surface area contributed by atoms with Crippen LogP contribution in [0.4, 0.5) is 0 Å². The first-order valence-electron chi connectivity index (χ1n) is 30.1. The zero-order chi connectivity index (χ0) is 61.5. The maximum Gasteiger partial charge on any atom is 0.366 e. The Hall–Kier alpha value is -3.91. The van der Waals surface area contributed by atoms with E-state index >= 15 is 0 Å². The fourth-order valence-electron chi connectivity index (χ4n) is 20.5. The van der Waals surface area contributed by atoms with Crippen LogP contribution in [0.1, 0.15) is 133 Å². The molecule has 22 nitrogen and oxygen atoms in total. The third-order valence-corrected chi connectivity index (χ3v) is 24.6. The zero-order valence-corrected chi connectivity index (χ0v) is 50.3. The van der Waals surface area contributed by atoms with E-state index in [0.717, 1.165) is 39.1 Å². The topological polar surface area (TPSA) is 334 Å². The average molecular weight is 1190 g/mol. The number of methoxy groups -OCH3 is 2. The van der Waals surface area contributed by atoms with Gasteiger partial charge < -0.3 is 83.5 Å². The lowest BCUT2D eigenvalue weighted by molar-refractivity contribution is -0.314. The van der Waals surface area contributed by atoms with Gasteiger partial charge in [0, 0.05) is 58.8 Å². The highest BCUT2D eigenvalue weighted by molar-refractivity contribution is 5.95. The lowest BCUT2D eigenvalue weighted by Crippen LogP contribution is -2.79. The maximum atomic E-state index is 14.2.